The topological polar surface area (TPSA) is 78.4 Å². The summed E-state index contributed by atoms with van der Waals surface area (Å²) in [4.78, 5) is 26.8. The molecule has 0 radical (unpaired) electrons. The smallest absolute Gasteiger partial charge is 0.251 e. The molecule has 40 heavy (non-hydrogen) atoms. The summed E-state index contributed by atoms with van der Waals surface area (Å²) >= 11 is 0. The molecule has 0 bridgehead atoms. The van der Waals surface area contributed by atoms with Crippen molar-refractivity contribution < 1.29 is 14.7 Å². The van der Waals surface area contributed by atoms with E-state index in [1.165, 1.54) is 0 Å². The van der Waals surface area contributed by atoms with Crippen LogP contribution in [-0.4, -0.2) is 35.5 Å². The lowest BCUT2D eigenvalue weighted by Gasteiger charge is -2.25. The molecule has 5 heteroatoms. The van der Waals surface area contributed by atoms with Crippen LogP contribution in [0.1, 0.15) is 82.5 Å². The van der Waals surface area contributed by atoms with Crippen molar-refractivity contribution in [2.45, 2.75) is 71.6 Å². The van der Waals surface area contributed by atoms with Gasteiger partial charge >= 0.3 is 0 Å². The van der Waals surface area contributed by atoms with Crippen molar-refractivity contribution in [3.63, 3.8) is 0 Å². The zero-order valence-electron chi connectivity index (χ0n) is 24.0. The van der Waals surface area contributed by atoms with Gasteiger partial charge in [0.05, 0.1) is 12.1 Å². The van der Waals surface area contributed by atoms with Gasteiger partial charge in [-0.15, -0.1) is 6.42 Å². The number of Topliss-reactive ketones (excluding diaryl/α,β-unsaturated/α-hetero) is 1. The van der Waals surface area contributed by atoms with Crippen molar-refractivity contribution in [1.29, 1.82) is 0 Å². The highest BCUT2D eigenvalue weighted by Crippen LogP contribution is 2.22. The van der Waals surface area contributed by atoms with Crippen LogP contribution in [0.4, 0.5) is 0 Å². The largest absolute Gasteiger partial charge is 0.390 e. The second-order valence-electron chi connectivity index (χ2n) is 10.5. The van der Waals surface area contributed by atoms with Gasteiger partial charge in [-0.25, -0.2) is 0 Å². The molecule has 3 N–H and O–H groups in total. The number of hydrogen-bond donors (Lipinski definition) is 3. The number of ketones is 1. The number of aryl methyl sites for hydroxylation is 1. The van der Waals surface area contributed by atoms with Gasteiger partial charge in [0, 0.05) is 35.7 Å². The normalized spacial score (nSPS) is 12.5. The lowest BCUT2D eigenvalue weighted by Crippen LogP contribution is -2.48. The number of hydrogen-bond acceptors (Lipinski definition) is 4. The Balaban J connectivity index is 1.75. The summed E-state index contributed by atoms with van der Waals surface area (Å²) in [7, 11) is 0. The first-order valence-electron chi connectivity index (χ1n) is 14.3. The average Bonchev–Trinajstić information content (AvgIpc) is 2.96. The van der Waals surface area contributed by atoms with E-state index < -0.39 is 12.1 Å². The third-order valence-corrected chi connectivity index (χ3v) is 7.12. The van der Waals surface area contributed by atoms with Gasteiger partial charge in [-0.3, -0.25) is 9.59 Å². The fraction of sp³-hybridized carbons (Fsp3) is 0.371. The number of aliphatic hydroxyl groups is 1. The molecule has 0 unspecified atom stereocenters. The molecular weight excluding hydrogens is 496 g/mol. The van der Waals surface area contributed by atoms with E-state index in [1.54, 1.807) is 12.1 Å². The van der Waals surface area contributed by atoms with E-state index in [0.717, 1.165) is 47.9 Å². The molecule has 0 aliphatic carbocycles. The van der Waals surface area contributed by atoms with E-state index in [2.05, 4.69) is 30.4 Å². The number of carbonyl (C=O) groups excluding carboxylic acids is 2. The van der Waals surface area contributed by atoms with Crippen LogP contribution in [0.15, 0.2) is 72.8 Å². The molecule has 0 heterocycles. The summed E-state index contributed by atoms with van der Waals surface area (Å²) in [5.41, 5.74) is 4.70. The highest BCUT2D eigenvalue weighted by Gasteiger charge is 2.24. The summed E-state index contributed by atoms with van der Waals surface area (Å²) < 4.78 is 0. The van der Waals surface area contributed by atoms with Gasteiger partial charge in [-0.1, -0.05) is 75.1 Å². The van der Waals surface area contributed by atoms with E-state index in [4.69, 9.17) is 6.42 Å². The van der Waals surface area contributed by atoms with Crippen molar-refractivity contribution in [1.82, 2.24) is 10.6 Å². The molecule has 2 atom stereocenters. The lowest BCUT2D eigenvalue weighted by molar-refractivity contribution is 0.0830. The third kappa shape index (κ3) is 9.19. The third-order valence-electron chi connectivity index (χ3n) is 7.12. The van der Waals surface area contributed by atoms with Gasteiger partial charge in [0.15, 0.2) is 5.78 Å². The van der Waals surface area contributed by atoms with Crippen molar-refractivity contribution in [3.05, 3.63) is 106 Å². The standard InChI is InChI=1S/C35H42N2O3/c1-5-12-29(13-6-2)34(39)30-18-25(4)19-31(22-30)35(40)37-32(21-27-14-9-8-10-15-27)33(38)24-36-23-28-17-11-16-26(7-3)20-28/h3,8-11,14-20,22,29,32-33,36,38H,5-6,12-13,21,23-24H2,1-2,4H3,(H,37,40)/t32-,33+/m0/s1. The van der Waals surface area contributed by atoms with Crippen molar-refractivity contribution >= 4 is 11.7 Å². The molecular formula is C35H42N2O3. The fourth-order valence-electron chi connectivity index (χ4n) is 5.08. The SMILES string of the molecule is C#Cc1cccc(CNC[C@@H](O)[C@H](Cc2ccccc2)NC(=O)c2cc(C)cc(C(=O)C(CCC)CCC)c2)c1. The van der Waals surface area contributed by atoms with Crippen molar-refractivity contribution in [2.75, 3.05) is 6.54 Å². The predicted octanol–water partition coefficient (Wildman–Crippen LogP) is 5.87. The first-order valence-corrected chi connectivity index (χ1v) is 14.3. The van der Waals surface area contributed by atoms with E-state index in [0.29, 0.717) is 24.1 Å². The van der Waals surface area contributed by atoms with Crippen LogP contribution in [0, 0.1) is 25.2 Å². The number of aliphatic hydroxyl groups excluding tert-OH is 1. The van der Waals surface area contributed by atoms with Crippen LogP contribution in [-0.2, 0) is 13.0 Å². The monoisotopic (exact) mass is 538 g/mol. The molecule has 210 valence electrons. The Labute approximate surface area is 239 Å². The van der Waals surface area contributed by atoms with Crippen LogP contribution >= 0.6 is 0 Å². The molecule has 0 fully saturated rings. The van der Waals surface area contributed by atoms with Crippen LogP contribution < -0.4 is 10.6 Å². The Bertz CT molecular complexity index is 1290. The Morgan fingerprint density at radius 3 is 2.25 bits per heavy atom. The fourth-order valence-corrected chi connectivity index (χ4v) is 5.08. The van der Waals surface area contributed by atoms with E-state index in [-0.39, 0.29) is 24.2 Å². The number of terminal acetylenes is 1. The maximum Gasteiger partial charge on any atom is 0.251 e. The summed E-state index contributed by atoms with van der Waals surface area (Å²) in [5, 5.41) is 17.5. The number of rotatable bonds is 15. The van der Waals surface area contributed by atoms with Gasteiger partial charge in [0.2, 0.25) is 0 Å². The predicted molar refractivity (Wildman–Crippen MR) is 162 cm³/mol. The van der Waals surface area contributed by atoms with Crippen molar-refractivity contribution in [2.24, 2.45) is 5.92 Å². The van der Waals surface area contributed by atoms with E-state index in [1.807, 2.05) is 67.6 Å². The molecule has 0 aliphatic heterocycles. The average molecular weight is 539 g/mol. The number of amides is 1. The molecule has 1 amide bonds. The Hall–Kier alpha value is -3.72. The quantitative estimate of drug-likeness (QED) is 0.167. The highest BCUT2D eigenvalue weighted by atomic mass is 16.3. The molecule has 3 aromatic carbocycles. The number of nitrogens with one attached hydrogen (secondary N) is 2. The van der Waals surface area contributed by atoms with Gasteiger partial charge in [-0.2, -0.15) is 0 Å². The number of carbonyl (C=O) groups is 2. The minimum Gasteiger partial charge on any atom is -0.390 e. The summed E-state index contributed by atoms with van der Waals surface area (Å²) in [6, 6.07) is 22.3. The number of benzene rings is 3. The molecule has 0 spiro atoms. The summed E-state index contributed by atoms with van der Waals surface area (Å²) in [6.45, 7) is 6.90. The van der Waals surface area contributed by atoms with Crippen LogP contribution in [0.25, 0.3) is 0 Å². The van der Waals surface area contributed by atoms with Gasteiger partial charge in [0.25, 0.3) is 5.91 Å². The van der Waals surface area contributed by atoms with E-state index in [9.17, 15) is 14.7 Å². The van der Waals surface area contributed by atoms with E-state index >= 15 is 0 Å². The van der Waals surface area contributed by atoms with Crippen molar-refractivity contribution in [3.8, 4) is 12.3 Å². The van der Waals surface area contributed by atoms with Crippen LogP contribution in [0.3, 0.4) is 0 Å². The molecule has 3 aromatic rings. The summed E-state index contributed by atoms with van der Waals surface area (Å²) in [6.07, 6.45) is 8.70. The molecule has 0 saturated carbocycles. The Morgan fingerprint density at radius 1 is 0.900 bits per heavy atom. The zero-order chi connectivity index (χ0) is 28.9. The van der Waals surface area contributed by atoms with Gasteiger partial charge in [-0.05, 0) is 73.2 Å². The first-order chi connectivity index (χ1) is 19.3. The first kappa shape index (κ1) is 30.8. The summed E-state index contributed by atoms with van der Waals surface area (Å²) in [5.74, 6) is 2.40. The highest BCUT2D eigenvalue weighted by molar-refractivity contribution is 6.02. The maximum atomic E-state index is 13.5. The molecule has 0 aromatic heterocycles. The molecule has 0 aliphatic rings. The molecule has 0 saturated heterocycles. The zero-order valence-corrected chi connectivity index (χ0v) is 24.0. The minimum atomic E-state index is -0.843. The molecule has 3 rings (SSSR count). The lowest BCUT2D eigenvalue weighted by atomic mass is 9.88. The van der Waals surface area contributed by atoms with Crippen LogP contribution in [0.2, 0.25) is 0 Å². The van der Waals surface area contributed by atoms with Gasteiger partial charge < -0.3 is 15.7 Å². The Morgan fingerprint density at radius 2 is 1.57 bits per heavy atom. The second kappa shape index (κ2) is 15.8. The second-order valence-corrected chi connectivity index (χ2v) is 10.5. The minimum absolute atomic E-state index is 0.0345. The Kier molecular flexibility index (Phi) is 12.1. The molecule has 5 nitrogen and oxygen atoms in total. The maximum absolute atomic E-state index is 13.5. The van der Waals surface area contributed by atoms with Gasteiger partial charge in [0.1, 0.15) is 0 Å². The van der Waals surface area contributed by atoms with Crippen LogP contribution in [0.5, 0.6) is 0 Å².